The van der Waals surface area contributed by atoms with Crippen molar-refractivity contribution in [1.82, 2.24) is 10.4 Å². The zero-order valence-electron chi connectivity index (χ0n) is 11.8. The molecule has 0 radical (unpaired) electrons. The van der Waals surface area contributed by atoms with Gasteiger partial charge in [-0.05, 0) is 48.7 Å². The topological polar surface area (TPSA) is 60.2 Å². The quantitative estimate of drug-likeness (QED) is 0.672. The van der Waals surface area contributed by atoms with Crippen molar-refractivity contribution < 1.29 is 4.74 Å². The average Bonchev–Trinajstić information content (AvgIpc) is 2.45. The van der Waals surface area contributed by atoms with E-state index < -0.39 is 0 Å². The summed E-state index contributed by atoms with van der Waals surface area (Å²) in [5.74, 6) is 6.57. The molecule has 4 nitrogen and oxygen atoms in total. The zero-order valence-corrected chi connectivity index (χ0v) is 12.5. The number of methoxy groups -OCH3 is 1. The number of halogens is 1. The standard InChI is InChI=1S/C15H18ClN3O/c1-9-8-13(20-3)10(2)7-11(9)14(19-17)15-12(16)5-4-6-18-15/h4-8,14,19H,17H2,1-3H3. The first-order valence-corrected chi connectivity index (χ1v) is 6.68. The van der Waals surface area contributed by atoms with Crippen LogP contribution in [-0.4, -0.2) is 12.1 Å². The Kier molecular flexibility index (Phi) is 4.60. The normalized spacial score (nSPS) is 12.2. The summed E-state index contributed by atoms with van der Waals surface area (Å²) in [6.07, 6.45) is 1.71. The van der Waals surface area contributed by atoms with Gasteiger partial charge in [-0.3, -0.25) is 10.8 Å². The fourth-order valence-corrected chi connectivity index (χ4v) is 2.50. The van der Waals surface area contributed by atoms with Crippen molar-refractivity contribution in [3.05, 3.63) is 57.9 Å². The van der Waals surface area contributed by atoms with Gasteiger partial charge in [0.1, 0.15) is 5.75 Å². The number of aryl methyl sites for hydroxylation is 2. The Morgan fingerprint density at radius 2 is 2.05 bits per heavy atom. The van der Waals surface area contributed by atoms with Gasteiger partial charge < -0.3 is 4.74 Å². The highest BCUT2D eigenvalue weighted by Crippen LogP contribution is 2.31. The second-order valence-electron chi connectivity index (χ2n) is 4.65. The lowest BCUT2D eigenvalue weighted by Crippen LogP contribution is -2.30. The third-order valence-electron chi connectivity index (χ3n) is 3.32. The Morgan fingerprint density at radius 1 is 1.30 bits per heavy atom. The highest BCUT2D eigenvalue weighted by Gasteiger charge is 2.20. The Morgan fingerprint density at radius 3 is 2.65 bits per heavy atom. The minimum atomic E-state index is -0.256. The van der Waals surface area contributed by atoms with Gasteiger partial charge in [0.15, 0.2) is 0 Å². The van der Waals surface area contributed by atoms with Crippen molar-refractivity contribution in [2.45, 2.75) is 19.9 Å². The summed E-state index contributed by atoms with van der Waals surface area (Å²) in [6, 6.07) is 7.38. The third kappa shape index (κ3) is 2.77. The number of ether oxygens (including phenoxy) is 1. The fraction of sp³-hybridized carbons (Fsp3) is 0.267. The maximum Gasteiger partial charge on any atom is 0.122 e. The minimum Gasteiger partial charge on any atom is -0.496 e. The van der Waals surface area contributed by atoms with Crippen LogP contribution in [0.5, 0.6) is 5.75 Å². The molecule has 1 unspecified atom stereocenters. The van der Waals surface area contributed by atoms with Crippen molar-refractivity contribution in [3.8, 4) is 5.75 Å². The first-order valence-electron chi connectivity index (χ1n) is 6.30. The van der Waals surface area contributed by atoms with Crippen molar-refractivity contribution in [2.75, 3.05) is 7.11 Å². The molecule has 1 aromatic carbocycles. The van der Waals surface area contributed by atoms with Gasteiger partial charge >= 0.3 is 0 Å². The van der Waals surface area contributed by atoms with Crippen LogP contribution in [0.2, 0.25) is 5.02 Å². The molecule has 1 heterocycles. The lowest BCUT2D eigenvalue weighted by Gasteiger charge is -2.20. The van der Waals surface area contributed by atoms with E-state index in [1.807, 2.05) is 26.0 Å². The molecule has 2 aromatic rings. The summed E-state index contributed by atoms with van der Waals surface area (Å²) >= 11 is 6.22. The summed E-state index contributed by atoms with van der Waals surface area (Å²) in [6.45, 7) is 4.01. The van der Waals surface area contributed by atoms with Gasteiger partial charge in [0.2, 0.25) is 0 Å². The second kappa shape index (κ2) is 6.22. The molecule has 1 atom stereocenters. The van der Waals surface area contributed by atoms with Gasteiger partial charge in [0, 0.05) is 6.20 Å². The van der Waals surface area contributed by atoms with Crippen LogP contribution in [0.3, 0.4) is 0 Å². The van der Waals surface area contributed by atoms with E-state index in [-0.39, 0.29) is 6.04 Å². The summed E-state index contributed by atoms with van der Waals surface area (Å²) < 4.78 is 5.33. The van der Waals surface area contributed by atoms with Crippen LogP contribution >= 0.6 is 11.6 Å². The van der Waals surface area contributed by atoms with E-state index in [1.165, 1.54) is 0 Å². The number of rotatable bonds is 4. The van der Waals surface area contributed by atoms with Crippen molar-refractivity contribution >= 4 is 11.6 Å². The highest BCUT2D eigenvalue weighted by atomic mass is 35.5. The van der Waals surface area contributed by atoms with Gasteiger partial charge in [0.05, 0.1) is 23.9 Å². The molecule has 5 heteroatoms. The van der Waals surface area contributed by atoms with Crippen molar-refractivity contribution in [1.29, 1.82) is 0 Å². The van der Waals surface area contributed by atoms with E-state index in [0.29, 0.717) is 10.7 Å². The summed E-state index contributed by atoms with van der Waals surface area (Å²) in [5, 5.41) is 0.586. The first-order chi connectivity index (χ1) is 9.58. The minimum absolute atomic E-state index is 0.256. The van der Waals surface area contributed by atoms with Gasteiger partial charge in [0.25, 0.3) is 0 Å². The largest absolute Gasteiger partial charge is 0.496 e. The zero-order chi connectivity index (χ0) is 14.7. The van der Waals surface area contributed by atoms with Gasteiger partial charge in [-0.25, -0.2) is 5.43 Å². The molecule has 0 spiro atoms. The number of hydrazine groups is 1. The van der Waals surface area contributed by atoms with Crippen LogP contribution < -0.4 is 16.0 Å². The Balaban J connectivity index is 2.53. The number of nitrogens with zero attached hydrogens (tertiary/aromatic N) is 1. The summed E-state index contributed by atoms with van der Waals surface area (Å²) in [7, 11) is 1.66. The first kappa shape index (κ1) is 14.8. The van der Waals surface area contributed by atoms with Crippen molar-refractivity contribution in [3.63, 3.8) is 0 Å². The van der Waals surface area contributed by atoms with E-state index >= 15 is 0 Å². The van der Waals surface area contributed by atoms with Crippen LogP contribution in [0.25, 0.3) is 0 Å². The molecule has 0 aliphatic carbocycles. The molecule has 0 saturated carbocycles. The number of hydrogen-bond acceptors (Lipinski definition) is 4. The SMILES string of the molecule is COc1cc(C)c(C(NN)c2ncccc2Cl)cc1C. The molecule has 20 heavy (non-hydrogen) atoms. The molecule has 0 fully saturated rings. The van der Waals surface area contributed by atoms with E-state index in [9.17, 15) is 0 Å². The molecule has 2 rings (SSSR count). The smallest absolute Gasteiger partial charge is 0.122 e. The molecule has 0 saturated heterocycles. The Bertz CT molecular complexity index is 616. The molecule has 0 bridgehead atoms. The lowest BCUT2D eigenvalue weighted by atomic mass is 9.96. The number of nitrogens with one attached hydrogen (secondary N) is 1. The van der Waals surface area contributed by atoms with Crippen LogP contribution in [0.4, 0.5) is 0 Å². The molecule has 1 aromatic heterocycles. The number of aromatic nitrogens is 1. The van der Waals surface area contributed by atoms with Crippen molar-refractivity contribution in [2.24, 2.45) is 5.84 Å². The molecule has 0 aliphatic rings. The third-order valence-corrected chi connectivity index (χ3v) is 3.64. The van der Waals surface area contributed by atoms with Gasteiger partial charge in [-0.1, -0.05) is 17.7 Å². The molecule has 0 aliphatic heterocycles. The Hall–Kier alpha value is -1.62. The van der Waals surface area contributed by atoms with Crippen LogP contribution in [0.15, 0.2) is 30.5 Å². The van der Waals surface area contributed by atoms with Crippen LogP contribution in [-0.2, 0) is 0 Å². The van der Waals surface area contributed by atoms with E-state index in [4.69, 9.17) is 22.2 Å². The number of nitrogens with two attached hydrogens (primary N) is 1. The maximum atomic E-state index is 6.22. The van der Waals surface area contributed by atoms with E-state index in [0.717, 1.165) is 22.4 Å². The summed E-state index contributed by atoms with van der Waals surface area (Å²) in [5.41, 5.74) is 6.65. The molecular weight excluding hydrogens is 274 g/mol. The molecule has 0 amide bonds. The maximum absolute atomic E-state index is 6.22. The van der Waals surface area contributed by atoms with Gasteiger partial charge in [-0.15, -0.1) is 0 Å². The number of pyridine rings is 1. The molecule has 3 N–H and O–H groups in total. The van der Waals surface area contributed by atoms with E-state index in [1.54, 1.807) is 25.4 Å². The average molecular weight is 292 g/mol. The predicted molar refractivity (Wildman–Crippen MR) is 80.9 cm³/mol. The Labute approximate surface area is 123 Å². The number of benzene rings is 1. The summed E-state index contributed by atoms with van der Waals surface area (Å²) in [4.78, 5) is 4.33. The molecule has 106 valence electrons. The van der Waals surface area contributed by atoms with Gasteiger partial charge in [-0.2, -0.15) is 0 Å². The second-order valence-corrected chi connectivity index (χ2v) is 5.06. The lowest BCUT2D eigenvalue weighted by molar-refractivity contribution is 0.411. The van der Waals surface area contributed by atoms with Crippen LogP contribution in [0.1, 0.15) is 28.4 Å². The fourth-order valence-electron chi connectivity index (χ4n) is 2.27. The monoisotopic (exact) mass is 291 g/mol. The molecular formula is C15H18ClN3O. The van der Waals surface area contributed by atoms with Crippen LogP contribution in [0, 0.1) is 13.8 Å². The number of hydrogen-bond donors (Lipinski definition) is 2. The predicted octanol–water partition coefficient (Wildman–Crippen LogP) is 2.91. The van der Waals surface area contributed by atoms with E-state index in [2.05, 4.69) is 10.4 Å². The highest BCUT2D eigenvalue weighted by molar-refractivity contribution is 6.31.